The Balaban J connectivity index is 2.10. The monoisotopic (exact) mass is 403 g/mol. The highest BCUT2D eigenvalue weighted by atomic mass is 32.2. The number of carbonyl (C=O) groups is 2. The number of allylic oxidation sites excluding steroid dienone is 1. The molecule has 2 aromatic carbocycles. The highest BCUT2D eigenvalue weighted by molar-refractivity contribution is 7.89. The molecule has 148 valence electrons. The Morgan fingerprint density at radius 3 is 2.18 bits per heavy atom. The summed E-state index contributed by atoms with van der Waals surface area (Å²) in [5.74, 6) is -1.18. The lowest BCUT2D eigenvalue weighted by Crippen LogP contribution is -2.26. The average molecular weight is 403 g/mol. The molecule has 0 aliphatic rings. The van der Waals surface area contributed by atoms with Crippen molar-refractivity contribution in [2.45, 2.75) is 25.2 Å². The van der Waals surface area contributed by atoms with Crippen LogP contribution in [0.4, 0.5) is 0 Å². The maximum Gasteiger partial charge on any atom is 0.304 e. The van der Waals surface area contributed by atoms with Crippen LogP contribution < -0.4 is 4.72 Å². The molecule has 0 aliphatic carbocycles. The van der Waals surface area contributed by atoms with Crippen LogP contribution in [0.2, 0.25) is 0 Å². The molecule has 0 radical (unpaired) electrons. The van der Waals surface area contributed by atoms with Gasteiger partial charge in [-0.3, -0.25) is 9.59 Å². The first kappa shape index (κ1) is 21.3. The summed E-state index contributed by atoms with van der Waals surface area (Å²) in [6.45, 7) is 3.32. The van der Waals surface area contributed by atoms with Gasteiger partial charge in [0.25, 0.3) is 0 Å². The third-order valence-corrected chi connectivity index (χ3v) is 5.50. The second kappa shape index (κ2) is 8.81. The third-order valence-electron chi connectivity index (χ3n) is 4.02. The first-order chi connectivity index (χ1) is 13.1. The number of carboxylic acids is 1. The molecule has 3 N–H and O–H groups in total. The molecule has 0 heterocycles. The van der Waals surface area contributed by atoms with Crippen molar-refractivity contribution in [3.8, 4) is 5.75 Å². The number of ketones is 1. The van der Waals surface area contributed by atoms with Crippen LogP contribution in [0.25, 0.3) is 6.08 Å². The first-order valence-electron chi connectivity index (χ1n) is 8.44. The van der Waals surface area contributed by atoms with Crippen LogP contribution in [0.3, 0.4) is 0 Å². The van der Waals surface area contributed by atoms with Crippen LogP contribution in [-0.4, -0.2) is 36.9 Å². The van der Waals surface area contributed by atoms with E-state index in [1.807, 2.05) is 0 Å². The van der Waals surface area contributed by atoms with Gasteiger partial charge in [0.05, 0.1) is 11.3 Å². The molecule has 0 spiro atoms. The Hall–Kier alpha value is -2.97. The molecule has 2 aromatic rings. The van der Waals surface area contributed by atoms with Crippen molar-refractivity contribution in [1.29, 1.82) is 0 Å². The predicted molar refractivity (Wildman–Crippen MR) is 105 cm³/mol. The van der Waals surface area contributed by atoms with Crippen molar-refractivity contribution in [2.24, 2.45) is 0 Å². The smallest absolute Gasteiger partial charge is 0.304 e. The number of carboxylic acid groups (broad SMARTS) is 1. The summed E-state index contributed by atoms with van der Waals surface area (Å²) in [5, 5.41) is 18.3. The van der Waals surface area contributed by atoms with E-state index in [2.05, 4.69) is 4.72 Å². The molecule has 0 aromatic heterocycles. The SMILES string of the molecule is Cc1cc(/C=C/C(=O)c2ccc(S(=O)(=O)NCCC(=O)O)cc2)cc(C)c1O. The van der Waals surface area contributed by atoms with Gasteiger partial charge in [-0.1, -0.05) is 6.08 Å². The lowest BCUT2D eigenvalue weighted by molar-refractivity contribution is -0.136. The highest BCUT2D eigenvalue weighted by Crippen LogP contribution is 2.23. The van der Waals surface area contributed by atoms with E-state index in [0.717, 1.165) is 5.56 Å². The Morgan fingerprint density at radius 1 is 1.07 bits per heavy atom. The molecular formula is C20H21NO6S. The number of hydrogen-bond acceptors (Lipinski definition) is 5. The summed E-state index contributed by atoms with van der Waals surface area (Å²) in [4.78, 5) is 22.7. The van der Waals surface area contributed by atoms with Crippen LogP contribution >= 0.6 is 0 Å². The molecule has 8 heteroatoms. The molecule has 7 nitrogen and oxygen atoms in total. The van der Waals surface area contributed by atoms with E-state index in [1.54, 1.807) is 32.1 Å². The van der Waals surface area contributed by atoms with Crippen molar-refractivity contribution in [1.82, 2.24) is 4.72 Å². The number of phenolic OH excluding ortho intramolecular Hbond substituents is 1. The van der Waals surface area contributed by atoms with Gasteiger partial charge >= 0.3 is 5.97 Å². The Bertz CT molecular complexity index is 1000. The molecule has 0 unspecified atom stereocenters. The first-order valence-corrected chi connectivity index (χ1v) is 9.92. The predicted octanol–water partition coefficient (Wildman–Crippen LogP) is 2.66. The zero-order valence-corrected chi connectivity index (χ0v) is 16.3. The van der Waals surface area contributed by atoms with Crippen LogP contribution in [0, 0.1) is 13.8 Å². The van der Waals surface area contributed by atoms with Crippen molar-refractivity contribution in [2.75, 3.05) is 6.54 Å². The van der Waals surface area contributed by atoms with Gasteiger partial charge in [0, 0.05) is 12.1 Å². The summed E-state index contributed by atoms with van der Waals surface area (Å²) in [6, 6.07) is 8.88. The van der Waals surface area contributed by atoms with E-state index in [4.69, 9.17) is 5.11 Å². The zero-order valence-electron chi connectivity index (χ0n) is 15.5. The van der Waals surface area contributed by atoms with Gasteiger partial charge in [-0.05, 0) is 73.0 Å². The molecule has 0 saturated heterocycles. The number of aryl methyl sites for hydroxylation is 2. The second-order valence-corrected chi connectivity index (χ2v) is 8.03. The number of sulfonamides is 1. The van der Waals surface area contributed by atoms with Crippen molar-refractivity contribution in [3.05, 3.63) is 64.7 Å². The molecule has 0 bridgehead atoms. The minimum absolute atomic E-state index is 0.0526. The van der Waals surface area contributed by atoms with E-state index in [-0.39, 0.29) is 29.4 Å². The minimum atomic E-state index is -3.83. The highest BCUT2D eigenvalue weighted by Gasteiger charge is 2.14. The molecule has 0 saturated carbocycles. The molecule has 0 fully saturated rings. The van der Waals surface area contributed by atoms with Crippen LogP contribution in [0.15, 0.2) is 47.4 Å². The molecule has 0 atom stereocenters. The van der Waals surface area contributed by atoms with Crippen LogP contribution in [0.1, 0.15) is 33.5 Å². The number of aromatic hydroxyl groups is 1. The number of carbonyl (C=O) groups excluding carboxylic acids is 1. The van der Waals surface area contributed by atoms with Crippen LogP contribution in [-0.2, 0) is 14.8 Å². The largest absolute Gasteiger partial charge is 0.507 e. The lowest BCUT2D eigenvalue weighted by atomic mass is 10.0. The van der Waals surface area contributed by atoms with Gasteiger partial charge < -0.3 is 10.2 Å². The number of nitrogens with one attached hydrogen (secondary N) is 1. The summed E-state index contributed by atoms with van der Waals surface area (Å²) in [6.07, 6.45) is 2.68. The molecular weight excluding hydrogens is 382 g/mol. The summed E-state index contributed by atoms with van der Waals surface area (Å²) >= 11 is 0. The van der Waals surface area contributed by atoms with Crippen molar-refractivity contribution in [3.63, 3.8) is 0 Å². The molecule has 2 rings (SSSR count). The number of rotatable bonds is 8. The standard InChI is InChI=1S/C20H21NO6S/c1-13-11-15(12-14(2)20(13)25)3-8-18(22)16-4-6-17(7-5-16)28(26,27)21-10-9-19(23)24/h3-8,11-12,21,25H,9-10H2,1-2H3,(H,23,24)/b8-3+. The summed E-state index contributed by atoms with van der Waals surface area (Å²) in [5.41, 5.74) is 2.49. The average Bonchev–Trinajstić information content (AvgIpc) is 2.63. The Kier molecular flexibility index (Phi) is 6.71. The fraction of sp³-hybridized carbons (Fsp3) is 0.200. The van der Waals surface area contributed by atoms with E-state index in [0.29, 0.717) is 16.7 Å². The number of phenols is 1. The van der Waals surface area contributed by atoms with Crippen molar-refractivity contribution >= 4 is 27.9 Å². The lowest BCUT2D eigenvalue weighted by Gasteiger charge is -2.06. The van der Waals surface area contributed by atoms with E-state index >= 15 is 0 Å². The van der Waals surface area contributed by atoms with Gasteiger partial charge in [0.1, 0.15) is 5.75 Å². The Labute approximate surface area is 163 Å². The Morgan fingerprint density at radius 2 is 1.64 bits per heavy atom. The zero-order chi connectivity index (χ0) is 20.9. The van der Waals surface area contributed by atoms with Crippen LogP contribution in [0.5, 0.6) is 5.75 Å². The number of benzene rings is 2. The summed E-state index contributed by atoms with van der Waals surface area (Å²) in [7, 11) is -3.83. The van der Waals surface area contributed by atoms with Gasteiger partial charge in [0.2, 0.25) is 10.0 Å². The second-order valence-electron chi connectivity index (χ2n) is 6.27. The van der Waals surface area contributed by atoms with Gasteiger partial charge in [-0.2, -0.15) is 0 Å². The molecule has 0 amide bonds. The van der Waals surface area contributed by atoms with Gasteiger partial charge in [0.15, 0.2) is 5.78 Å². The summed E-state index contributed by atoms with van der Waals surface area (Å²) < 4.78 is 26.3. The number of hydrogen-bond donors (Lipinski definition) is 3. The molecule has 28 heavy (non-hydrogen) atoms. The van der Waals surface area contributed by atoms with Gasteiger partial charge in [-0.15, -0.1) is 0 Å². The quantitative estimate of drug-likeness (QED) is 0.460. The third kappa shape index (κ3) is 5.51. The number of aliphatic carboxylic acids is 1. The fourth-order valence-corrected chi connectivity index (χ4v) is 3.56. The normalized spacial score (nSPS) is 11.6. The van der Waals surface area contributed by atoms with E-state index < -0.39 is 16.0 Å². The minimum Gasteiger partial charge on any atom is -0.507 e. The maximum atomic E-state index is 12.3. The van der Waals surface area contributed by atoms with E-state index in [1.165, 1.54) is 30.3 Å². The molecule has 0 aliphatic heterocycles. The fourth-order valence-electron chi connectivity index (χ4n) is 2.53. The topological polar surface area (TPSA) is 121 Å². The maximum absolute atomic E-state index is 12.3. The van der Waals surface area contributed by atoms with Crippen molar-refractivity contribution < 1.29 is 28.2 Å². The van der Waals surface area contributed by atoms with E-state index in [9.17, 15) is 23.1 Å². The van der Waals surface area contributed by atoms with Gasteiger partial charge in [-0.25, -0.2) is 13.1 Å².